The van der Waals surface area contributed by atoms with Crippen molar-refractivity contribution in [1.29, 1.82) is 0 Å². The van der Waals surface area contributed by atoms with Gasteiger partial charge in [-0.15, -0.1) is 0 Å². The highest BCUT2D eigenvalue weighted by Crippen LogP contribution is 2.46. The number of carbonyl (C=O) groups excluding carboxylic acids is 8. The number of allylic oxidation sites excluding steroid dienone is 8. The Hall–Kier alpha value is -5.00. The van der Waals surface area contributed by atoms with Crippen LogP contribution in [0.5, 0.6) is 0 Å². The smallest absolute Gasteiger partial charge is 0.223 e. The van der Waals surface area contributed by atoms with Crippen LogP contribution in [0.1, 0.15) is 455 Å². The van der Waals surface area contributed by atoms with Gasteiger partial charge in [0.05, 0.1) is 13.2 Å². The van der Waals surface area contributed by atoms with Gasteiger partial charge < -0.3 is 46.1 Å². The van der Waals surface area contributed by atoms with Gasteiger partial charge in [-0.2, -0.15) is 0 Å². The van der Waals surface area contributed by atoms with Crippen molar-refractivity contribution in [2.45, 2.75) is 455 Å². The van der Waals surface area contributed by atoms with Gasteiger partial charge in [0.2, 0.25) is 35.4 Å². The molecule has 0 saturated heterocycles. The number of carbonyl (C=O) groups is 8. The van der Waals surface area contributed by atoms with Crippen molar-refractivity contribution < 1.29 is 52.6 Å². The van der Waals surface area contributed by atoms with E-state index in [4.69, 9.17) is 14.2 Å². The molecule has 0 aromatic carbocycles. The van der Waals surface area contributed by atoms with Gasteiger partial charge in [0.15, 0.2) is 0 Å². The zero-order valence-corrected chi connectivity index (χ0v) is 80.1. The first kappa shape index (κ1) is 108. The predicted octanol–water partition coefficient (Wildman–Crippen LogP) is 24.2. The highest BCUT2D eigenvalue weighted by molar-refractivity contribution is 5.87. The molecule has 0 saturated carbocycles. The van der Waals surface area contributed by atoms with Crippen molar-refractivity contribution in [2.75, 3.05) is 78.9 Å². The molecule has 0 fully saturated rings. The summed E-state index contributed by atoms with van der Waals surface area (Å²) < 4.78 is 17.3. The number of unbranched alkanes of at least 4 members (excludes halogenated alkanes) is 22. The molecule has 17 heteroatoms. The lowest BCUT2D eigenvalue weighted by molar-refractivity contribution is -0.129. The maximum absolute atomic E-state index is 13.6. The predicted molar refractivity (Wildman–Crippen MR) is 501 cm³/mol. The van der Waals surface area contributed by atoms with Gasteiger partial charge in [0, 0.05) is 129 Å². The summed E-state index contributed by atoms with van der Waals surface area (Å²) in [6.07, 6.45) is 57.2. The van der Waals surface area contributed by atoms with E-state index in [2.05, 4.69) is 115 Å². The van der Waals surface area contributed by atoms with E-state index in [1.165, 1.54) is 193 Å². The van der Waals surface area contributed by atoms with E-state index in [1.807, 2.05) is 0 Å². The number of Topliss-reactive ketones (excluding diaryl/α,β-unsaturated/α-hetero) is 2. The number of hydrogen-bond acceptors (Lipinski definition) is 11. The van der Waals surface area contributed by atoms with Gasteiger partial charge in [0.25, 0.3) is 0 Å². The van der Waals surface area contributed by atoms with Crippen LogP contribution in [0.25, 0.3) is 0 Å². The molecule has 0 aromatic heterocycles. The highest BCUT2D eigenvalue weighted by atomic mass is 16.5. The molecule has 4 aliphatic rings. The molecule has 4 rings (SSSR count). The fraction of sp³-hybridized carbons (Fsp3) is 0.846. The molecule has 6 amide bonds. The largest absolute Gasteiger partial charge is 0.381 e. The second kappa shape index (κ2) is 64.7. The summed E-state index contributed by atoms with van der Waals surface area (Å²) in [6.45, 7) is 33.8. The van der Waals surface area contributed by atoms with Crippen LogP contribution >= 0.6 is 0 Å². The van der Waals surface area contributed by atoms with Crippen LogP contribution in [0.3, 0.4) is 0 Å². The molecule has 0 aromatic rings. The molecule has 121 heavy (non-hydrogen) atoms. The summed E-state index contributed by atoms with van der Waals surface area (Å²) in [5, 5.41) is 18.2. The normalized spacial score (nSPS) is 16.9. The summed E-state index contributed by atoms with van der Waals surface area (Å²) in [5.41, 5.74) is 14.6. The van der Waals surface area contributed by atoms with Crippen LogP contribution in [0.2, 0.25) is 0 Å². The van der Waals surface area contributed by atoms with Crippen molar-refractivity contribution in [3.05, 3.63) is 44.6 Å². The first-order chi connectivity index (χ1) is 58.1. The molecule has 17 nitrogen and oxygen atoms in total. The minimum absolute atomic E-state index is 0.0909. The lowest BCUT2D eigenvalue weighted by atomic mass is 9.71. The van der Waals surface area contributed by atoms with E-state index in [0.29, 0.717) is 152 Å². The monoisotopic (exact) mass is 1690 g/mol. The Morgan fingerprint density at radius 3 is 0.777 bits per heavy atom. The molecule has 2 unspecified atom stereocenters. The zero-order valence-electron chi connectivity index (χ0n) is 80.1. The number of ketones is 2. The summed E-state index contributed by atoms with van der Waals surface area (Å²) >= 11 is 0. The van der Waals surface area contributed by atoms with Crippen molar-refractivity contribution in [3.8, 4) is 0 Å². The van der Waals surface area contributed by atoms with E-state index in [1.54, 1.807) is 44.6 Å². The number of amides is 6. The lowest BCUT2D eigenvalue weighted by Gasteiger charge is -2.34. The molecule has 0 spiro atoms. The average Bonchev–Trinajstić information content (AvgIpc) is 0.840. The Morgan fingerprint density at radius 2 is 0.496 bits per heavy atom. The molecule has 0 radical (unpaired) electrons. The number of hydrogen-bond donors (Lipinski definition) is 6. The maximum atomic E-state index is 13.6. The summed E-state index contributed by atoms with van der Waals surface area (Å²) in [5.74, 6) is -0.752. The maximum Gasteiger partial charge on any atom is 0.223 e. The van der Waals surface area contributed by atoms with Gasteiger partial charge in [-0.05, 0) is 255 Å². The van der Waals surface area contributed by atoms with Crippen LogP contribution in [0.4, 0.5) is 0 Å². The van der Waals surface area contributed by atoms with E-state index in [9.17, 15) is 38.4 Å². The van der Waals surface area contributed by atoms with E-state index in [0.717, 1.165) is 89.9 Å². The highest BCUT2D eigenvalue weighted by Gasteiger charge is 2.32. The van der Waals surface area contributed by atoms with Crippen LogP contribution in [-0.2, 0) is 52.6 Å². The van der Waals surface area contributed by atoms with E-state index in [-0.39, 0.29) is 85.9 Å². The Kier molecular flexibility index (Phi) is 57.9. The molecule has 4 aliphatic carbocycles. The topological polar surface area (TPSA) is 236 Å². The average molecular weight is 1690 g/mol. The summed E-state index contributed by atoms with van der Waals surface area (Å²) in [4.78, 5) is 105. The molecular formula is C104H184N6O11. The molecule has 0 aliphatic heterocycles. The van der Waals surface area contributed by atoms with Crippen molar-refractivity contribution in [3.63, 3.8) is 0 Å². The second-order valence-corrected chi connectivity index (χ2v) is 40.1. The van der Waals surface area contributed by atoms with E-state index >= 15 is 0 Å². The van der Waals surface area contributed by atoms with Crippen LogP contribution in [0, 0.1) is 33.5 Å². The van der Waals surface area contributed by atoms with Gasteiger partial charge >= 0.3 is 0 Å². The molecule has 6 N–H and O–H groups in total. The molecule has 696 valence electrons. The molecule has 0 heterocycles. The van der Waals surface area contributed by atoms with Gasteiger partial charge in [-0.1, -0.05) is 216 Å². The number of rotatable bonds is 74. The van der Waals surface area contributed by atoms with Crippen molar-refractivity contribution in [1.82, 2.24) is 31.9 Å². The van der Waals surface area contributed by atoms with Crippen LogP contribution in [0.15, 0.2) is 44.6 Å². The standard InChI is InChI=1S/C104H184N6O11/c1-83-49-41-65-101(5,6)91(83)57-31-23-15-13-21-29-55-89(111)81-87(53-37-39-69-105-95(113)61-35-27-19-17-25-33-59-93-85(3)51-43-67-103(93,9)10)99(117)109-73-47-77-119-75-45-71-107-97(115)63-79-121-80-64-98(116)108-72-46-76-120-78-48-74-110-100(118)88(82-90(112)56-30-22-14-16-24-32-58-92-84(2)50-42-66-102(92,7)8)54-38-40-70-106-96(114)62-36-28-20-18-26-34-60-94-86(4)52-44-68-104(94,11)12/h87-88H,13-82H2,1-12H3,(H,105,113)(H,106,114)(H,107,115)(H,108,116)(H,109,117)(H,110,118). The van der Waals surface area contributed by atoms with Crippen LogP contribution < -0.4 is 31.9 Å². The van der Waals surface area contributed by atoms with E-state index < -0.39 is 11.8 Å². The zero-order chi connectivity index (χ0) is 88.3. The van der Waals surface area contributed by atoms with Crippen LogP contribution in [-0.4, -0.2) is 126 Å². The molecular weight excluding hydrogens is 1510 g/mol. The lowest BCUT2D eigenvalue weighted by Crippen LogP contribution is -2.33. The third kappa shape index (κ3) is 50.2. The number of ether oxygens (including phenoxy) is 3. The first-order valence-electron chi connectivity index (χ1n) is 50.3. The minimum atomic E-state index is -0.400. The Bertz CT molecular complexity index is 2880. The Balaban J connectivity index is 1.01. The quantitative estimate of drug-likeness (QED) is 0.0247. The van der Waals surface area contributed by atoms with Crippen molar-refractivity contribution >= 4 is 47.0 Å². The molecule has 0 bridgehead atoms. The van der Waals surface area contributed by atoms with Gasteiger partial charge in [-0.3, -0.25) is 38.4 Å². The minimum Gasteiger partial charge on any atom is -0.381 e. The third-order valence-corrected chi connectivity index (χ3v) is 27.5. The fourth-order valence-corrected chi connectivity index (χ4v) is 19.9. The Morgan fingerprint density at radius 1 is 0.264 bits per heavy atom. The van der Waals surface area contributed by atoms with Gasteiger partial charge in [0.1, 0.15) is 11.6 Å². The number of nitrogens with one attached hydrogen (secondary N) is 6. The third-order valence-electron chi connectivity index (χ3n) is 27.5. The van der Waals surface area contributed by atoms with Gasteiger partial charge in [-0.25, -0.2) is 0 Å². The SMILES string of the molecule is CC1=C(CCCCCCCCC(=O)CC(CCCCNC(=O)CCCCCCCCC2=C(C)CCCC2(C)C)C(=O)NCCCOCCCNC(=O)CCOCCC(=O)NCCCOCCCNC(=O)C(CCCCNC(=O)CCCCCCCCC2=C(C)CCCC2(C)C)CC(=O)CCCCCCCCC2=C(C)CCCC2(C)C)C(C)(C)CCC1. The summed E-state index contributed by atoms with van der Waals surface area (Å²) in [6, 6.07) is 0. The first-order valence-corrected chi connectivity index (χ1v) is 50.3. The van der Waals surface area contributed by atoms with Crippen molar-refractivity contribution in [2.24, 2.45) is 33.5 Å². The second-order valence-electron chi connectivity index (χ2n) is 40.1. The molecule has 2 atom stereocenters. The fourth-order valence-electron chi connectivity index (χ4n) is 19.9. The Labute approximate surface area is 739 Å². The summed E-state index contributed by atoms with van der Waals surface area (Å²) in [7, 11) is 0.